The highest BCUT2D eigenvalue weighted by Crippen LogP contribution is 2.31. The minimum atomic E-state index is 0.344. The minimum Gasteiger partial charge on any atom is -0.297 e. The average molecular weight is 230 g/mol. The normalized spacial score (nSPS) is 32.0. The number of piperidine rings is 1. The molecule has 0 spiro atoms. The Morgan fingerprint density at radius 2 is 1.80 bits per heavy atom. The first-order chi connectivity index (χ1) is 7.27. The van der Waals surface area contributed by atoms with E-state index in [1.165, 1.54) is 57.9 Å². The zero-order chi connectivity index (χ0) is 10.7. The van der Waals surface area contributed by atoms with Gasteiger partial charge in [0.15, 0.2) is 0 Å². The predicted molar refractivity (Wildman–Crippen MR) is 66.5 cm³/mol. The Morgan fingerprint density at radius 3 is 2.47 bits per heavy atom. The Balaban J connectivity index is 1.92. The van der Waals surface area contributed by atoms with Gasteiger partial charge in [-0.2, -0.15) is 0 Å². The third-order valence-electron chi connectivity index (χ3n) is 4.06. The van der Waals surface area contributed by atoms with E-state index in [4.69, 9.17) is 11.6 Å². The van der Waals surface area contributed by atoms with E-state index in [1.807, 2.05) is 0 Å². The van der Waals surface area contributed by atoms with Crippen molar-refractivity contribution in [3.8, 4) is 0 Å². The Morgan fingerprint density at radius 1 is 1.13 bits per heavy atom. The molecule has 2 rings (SSSR count). The van der Waals surface area contributed by atoms with Crippen LogP contribution in [0.25, 0.3) is 0 Å². The van der Waals surface area contributed by atoms with Gasteiger partial charge < -0.3 is 0 Å². The summed E-state index contributed by atoms with van der Waals surface area (Å²) in [5, 5.41) is 0.344. The molecule has 2 aliphatic rings. The molecule has 0 radical (unpaired) electrons. The third-order valence-corrected chi connectivity index (χ3v) is 4.24. The lowest BCUT2D eigenvalue weighted by molar-refractivity contribution is 0.0913. The van der Waals surface area contributed by atoms with E-state index in [9.17, 15) is 0 Å². The van der Waals surface area contributed by atoms with Crippen LogP contribution in [0.2, 0.25) is 0 Å². The highest BCUT2D eigenvalue weighted by Gasteiger charge is 2.30. The van der Waals surface area contributed by atoms with E-state index < -0.39 is 0 Å². The fourth-order valence-electron chi connectivity index (χ4n) is 3.37. The second-order valence-corrected chi connectivity index (χ2v) is 6.09. The molecule has 0 amide bonds. The molecule has 1 saturated heterocycles. The maximum Gasteiger partial charge on any atom is 0.0322 e. The van der Waals surface area contributed by atoms with Gasteiger partial charge in [-0.05, 0) is 45.6 Å². The molecule has 2 atom stereocenters. The number of alkyl halides is 1. The first kappa shape index (κ1) is 11.7. The van der Waals surface area contributed by atoms with Crippen LogP contribution in [-0.2, 0) is 0 Å². The number of nitrogens with zero attached hydrogens (tertiary/aromatic N) is 1. The Bertz CT molecular complexity index is 187. The molecule has 1 saturated carbocycles. The van der Waals surface area contributed by atoms with E-state index in [0.29, 0.717) is 5.38 Å². The molecule has 1 heterocycles. The van der Waals surface area contributed by atoms with Gasteiger partial charge in [0.25, 0.3) is 0 Å². The lowest BCUT2D eigenvalue weighted by atomic mass is 9.95. The van der Waals surface area contributed by atoms with E-state index >= 15 is 0 Å². The molecule has 2 fully saturated rings. The standard InChI is InChI=1S/C13H24ClN/c1-11(14)10-13-8-4-5-9-15(13)12-6-2-3-7-12/h11-13H,2-10H2,1H3. The van der Waals surface area contributed by atoms with Gasteiger partial charge in [-0.1, -0.05) is 19.3 Å². The van der Waals surface area contributed by atoms with Crippen molar-refractivity contribution in [2.45, 2.75) is 75.8 Å². The Kier molecular flexibility index (Phi) is 4.33. The van der Waals surface area contributed by atoms with Crippen LogP contribution in [0.4, 0.5) is 0 Å². The van der Waals surface area contributed by atoms with E-state index in [-0.39, 0.29) is 0 Å². The van der Waals surface area contributed by atoms with Crippen molar-refractivity contribution >= 4 is 11.6 Å². The summed E-state index contributed by atoms with van der Waals surface area (Å²) >= 11 is 6.16. The largest absolute Gasteiger partial charge is 0.297 e. The number of hydrogen-bond donors (Lipinski definition) is 0. The molecule has 0 N–H and O–H groups in total. The van der Waals surface area contributed by atoms with Gasteiger partial charge in [-0.25, -0.2) is 0 Å². The maximum atomic E-state index is 6.16. The molecule has 0 bridgehead atoms. The van der Waals surface area contributed by atoms with Crippen LogP contribution in [0.1, 0.15) is 58.3 Å². The second-order valence-electron chi connectivity index (χ2n) is 5.34. The SMILES string of the molecule is CC(Cl)CC1CCCCN1C1CCCC1. The molecule has 15 heavy (non-hydrogen) atoms. The van der Waals surface area contributed by atoms with Gasteiger partial charge in [0, 0.05) is 17.5 Å². The molecule has 2 heteroatoms. The number of likely N-dealkylation sites (tertiary alicyclic amines) is 1. The summed E-state index contributed by atoms with van der Waals surface area (Å²) in [5.74, 6) is 0. The van der Waals surface area contributed by atoms with Gasteiger partial charge >= 0.3 is 0 Å². The third kappa shape index (κ3) is 3.10. The predicted octanol–water partition coefficient (Wildman–Crippen LogP) is 3.80. The molecule has 88 valence electrons. The Labute approximate surface area is 99.2 Å². The van der Waals surface area contributed by atoms with Crippen molar-refractivity contribution in [3.63, 3.8) is 0 Å². The van der Waals surface area contributed by atoms with E-state index in [0.717, 1.165) is 12.1 Å². The smallest absolute Gasteiger partial charge is 0.0322 e. The molecular formula is C13H24ClN. The maximum absolute atomic E-state index is 6.16. The van der Waals surface area contributed by atoms with Gasteiger partial charge in [-0.15, -0.1) is 11.6 Å². The molecule has 1 aliphatic heterocycles. The van der Waals surface area contributed by atoms with Crippen molar-refractivity contribution in [1.82, 2.24) is 4.90 Å². The monoisotopic (exact) mass is 229 g/mol. The number of rotatable bonds is 3. The van der Waals surface area contributed by atoms with Crippen molar-refractivity contribution in [1.29, 1.82) is 0 Å². The van der Waals surface area contributed by atoms with Crippen LogP contribution in [0.3, 0.4) is 0 Å². The molecule has 0 aromatic rings. The summed E-state index contributed by atoms with van der Waals surface area (Å²) in [7, 11) is 0. The molecular weight excluding hydrogens is 206 g/mol. The fraction of sp³-hybridized carbons (Fsp3) is 1.00. The second kappa shape index (κ2) is 5.54. The summed E-state index contributed by atoms with van der Waals surface area (Å²) < 4.78 is 0. The zero-order valence-corrected chi connectivity index (χ0v) is 10.7. The summed E-state index contributed by atoms with van der Waals surface area (Å²) in [4.78, 5) is 2.79. The first-order valence-electron chi connectivity index (χ1n) is 6.67. The van der Waals surface area contributed by atoms with Crippen molar-refractivity contribution < 1.29 is 0 Å². The molecule has 0 aromatic heterocycles. The topological polar surface area (TPSA) is 3.24 Å². The average Bonchev–Trinajstić information content (AvgIpc) is 2.70. The van der Waals surface area contributed by atoms with Gasteiger partial charge in [-0.3, -0.25) is 4.90 Å². The van der Waals surface area contributed by atoms with Crippen LogP contribution in [-0.4, -0.2) is 28.9 Å². The fourth-order valence-corrected chi connectivity index (χ4v) is 3.57. The highest BCUT2D eigenvalue weighted by molar-refractivity contribution is 6.20. The lowest BCUT2D eigenvalue weighted by Crippen LogP contribution is -2.46. The molecule has 1 nitrogen and oxygen atoms in total. The summed E-state index contributed by atoms with van der Waals surface area (Å²) in [6.45, 7) is 3.47. The van der Waals surface area contributed by atoms with Crippen LogP contribution < -0.4 is 0 Å². The first-order valence-corrected chi connectivity index (χ1v) is 7.11. The lowest BCUT2D eigenvalue weighted by Gasteiger charge is -2.40. The van der Waals surface area contributed by atoms with Gasteiger partial charge in [0.1, 0.15) is 0 Å². The number of halogens is 1. The quantitative estimate of drug-likeness (QED) is 0.666. The van der Waals surface area contributed by atoms with Gasteiger partial charge in [0.05, 0.1) is 0 Å². The van der Waals surface area contributed by atoms with Crippen molar-refractivity contribution in [2.75, 3.05) is 6.54 Å². The molecule has 0 aromatic carbocycles. The van der Waals surface area contributed by atoms with Crippen LogP contribution in [0.15, 0.2) is 0 Å². The number of hydrogen-bond acceptors (Lipinski definition) is 1. The van der Waals surface area contributed by atoms with E-state index in [1.54, 1.807) is 0 Å². The highest BCUT2D eigenvalue weighted by atomic mass is 35.5. The summed E-state index contributed by atoms with van der Waals surface area (Å²) in [5.41, 5.74) is 0. The zero-order valence-electron chi connectivity index (χ0n) is 9.92. The van der Waals surface area contributed by atoms with Crippen molar-refractivity contribution in [2.24, 2.45) is 0 Å². The van der Waals surface area contributed by atoms with Crippen LogP contribution in [0.5, 0.6) is 0 Å². The van der Waals surface area contributed by atoms with Crippen LogP contribution >= 0.6 is 11.6 Å². The van der Waals surface area contributed by atoms with Crippen LogP contribution in [0, 0.1) is 0 Å². The molecule has 2 unspecified atom stereocenters. The molecule has 1 aliphatic carbocycles. The van der Waals surface area contributed by atoms with Gasteiger partial charge in [0.2, 0.25) is 0 Å². The minimum absolute atomic E-state index is 0.344. The Hall–Kier alpha value is 0.250. The van der Waals surface area contributed by atoms with Crippen molar-refractivity contribution in [3.05, 3.63) is 0 Å². The summed E-state index contributed by atoms with van der Waals surface area (Å²) in [6.07, 6.45) is 11.2. The van der Waals surface area contributed by atoms with E-state index in [2.05, 4.69) is 11.8 Å². The summed E-state index contributed by atoms with van der Waals surface area (Å²) in [6, 6.07) is 1.68.